The van der Waals surface area contributed by atoms with Gasteiger partial charge in [-0.3, -0.25) is 4.79 Å². The second kappa shape index (κ2) is 2.86. The number of hydrogen-bond donors (Lipinski definition) is 1. The minimum atomic E-state index is -0.777. The van der Waals surface area contributed by atoms with Crippen molar-refractivity contribution in [3.63, 3.8) is 0 Å². The molecule has 12 heavy (non-hydrogen) atoms. The van der Waals surface area contributed by atoms with Crippen LogP contribution < -0.4 is 0 Å². The van der Waals surface area contributed by atoms with Crippen molar-refractivity contribution in [2.24, 2.45) is 0 Å². The van der Waals surface area contributed by atoms with E-state index in [1.807, 2.05) is 0 Å². The average molecular weight is 183 g/mol. The summed E-state index contributed by atoms with van der Waals surface area (Å²) in [5, 5.41) is 9.63. The van der Waals surface area contributed by atoms with Crippen LogP contribution in [0.15, 0.2) is 6.20 Å². The van der Waals surface area contributed by atoms with Gasteiger partial charge in [0.25, 0.3) is 0 Å². The molecule has 0 aliphatic heterocycles. The molecule has 0 bridgehead atoms. The third kappa shape index (κ3) is 1.64. The first-order valence-corrected chi connectivity index (χ1v) is 4.74. The van der Waals surface area contributed by atoms with Gasteiger partial charge in [0.05, 0.1) is 11.4 Å². The number of aliphatic carboxylic acids is 1. The van der Waals surface area contributed by atoms with E-state index in [2.05, 4.69) is 4.98 Å². The predicted molar refractivity (Wildman–Crippen MR) is 45.4 cm³/mol. The van der Waals surface area contributed by atoms with Crippen LogP contribution in [0.2, 0.25) is 0 Å². The van der Waals surface area contributed by atoms with E-state index in [0.717, 1.165) is 9.88 Å². The molecule has 64 valence electrons. The lowest BCUT2D eigenvalue weighted by molar-refractivity contribution is -0.136. The van der Waals surface area contributed by atoms with Crippen LogP contribution in [0.4, 0.5) is 0 Å². The number of aromatic nitrogens is 1. The van der Waals surface area contributed by atoms with Crippen LogP contribution in [-0.4, -0.2) is 16.1 Å². The average Bonchev–Trinajstić information content (AvgIpc) is 2.73. The molecule has 0 radical (unpaired) electrons. The van der Waals surface area contributed by atoms with Crippen LogP contribution in [-0.2, 0) is 11.2 Å². The quantitative estimate of drug-likeness (QED) is 0.775. The van der Waals surface area contributed by atoms with E-state index >= 15 is 0 Å². The molecular weight excluding hydrogens is 174 g/mol. The van der Waals surface area contributed by atoms with Gasteiger partial charge in [-0.15, -0.1) is 11.3 Å². The van der Waals surface area contributed by atoms with Gasteiger partial charge in [0.1, 0.15) is 0 Å². The first-order chi connectivity index (χ1) is 5.75. The Bertz CT molecular complexity index is 304. The molecule has 0 unspecified atom stereocenters. The number of carbonyl (C=O) groups is 1. The molecule has 0 spiro atoms. The molecule has 1 N–H and O–H groups in total. The maximum Gasteiger partial charge on any atom is 0.308 e. The van der Waals surface area contributed by atoms with Gasteiger partial charge in [-0.1, -0.05) is 0 Å². The molecule has 0 saturated heterocycles. The molecule has 0 atom stereocenters. The summed E-state index contributed by atoms with van der Waals surface area (Å²) in [6.07, 6.45) is 4.25. The van der Waals surface area contributed by atoms with E-state index in [1.54, 1.807) is 6.20 Å². The first kappa shape index (κ1) is 7.73. The standard InChI is InChI=1S/C8H9NO2S/c10-7(11)3-6-4-9-8(12-6)5-1-2-5/h4-5H,1-3H2,(H,10,11). The van der Waals surface area contributed by atoms with E-state index in [-0.39, 0.29) is 6.42 Å². The zero-order valence-electron chi connectivity index (χ0n) is 6.49. The first-order valence-electron chi connectivity index (χ1n) is 3.92. The Morgan fingerprint density at radius 1 is 1.75 bits per heavy atom. The fourth-order valence-corrected chi connectivity index (χ4v) is 2.15. The van der Waals surface area contributed by atoms with Gasteiger partial charge in [0.15, 0.2) is 0 Å². The Hall–Kier alpha value is -0.900. The molecule has 1 heterocycles. The second-order valence-corrected chi connectivity index (χ2v) is 4.16. The third-order valence-corrected chi connectivity index (χ3v) is 2.98. The highest BCUT2D eigenvalue weighted by atomic mass is 32.1. The Balaban J connectivity index is 2.07. The molecule has 1 saturated carbocycles. The van der Waals surface area contributed by atoms with Crippen molar-refractivity contribution in [2.45, 2.75) is 25.2 Å². The van der Waals surface area contributed by atoms with Crippen molar-refractivity contribution in [1.29, 1.82) is 0 Å². The fourth-order valence-electron chi connectivity index (χ4n) is 1.07. The smallest absolute Gasteiger partial charge is 0.308 e. The highest BCUT2D eigenvalue weighted by molar-refractivity contribution is 7.11. The van der Waals surface area contributed by atoms with E-state index in [0.29, 0.717) is 5.92 Å². The number of nitrogens with zero attached hydrogens (tertiary/aromatic N) is 1. The van der Waals surface area contributed by atoms with Crippen LogP contribution in [0.5, 0.6) is 0 Å². The third-order valence-electron chi connectivity index (χ3n) is 1.82. The maximum atomic E-state index is 10.3. The molecule has 2 rings (SSSR count). The Labute approximate surface area is 74.1 Å². The van der Waals surface area contributed by atoms with Crippen LogP contribution >= 0.6 is 11.3 Å². The summed E-state index contributed by atoms with van der Waals surface area (Å²) < 4.78 is 0. The normalized spacial score (nSPS) is 16.3. The number of carboxylic acid groups (broad SMARTS) is 1. The van der Waals surface area contributed by atoms with Crippen LogP contribution in [0.3, 0.4) is 0 Å². The van der Waals surface area contributed by atoms with Crippen molar-refractivity contribution in [3.8, 4) is 0 Å². The molecule has 1 aliphatic carbocycles. The monoisotopic (exact) mass is 183 g/mol. The minimum absolute atomic E-state index is 0.115. The molecule has 1 aromatic heterocycles. The van der Waals surface area contributed by atoms with Gasteiger partial charge >= 0.3 is 5.97 Å². The van der Waals surface area contributed by atoms with Gasteiger partial charge in [0.2, 0.25) is 0 Å². The highest BCUT2D eigenvalue weighted by Crippen LogP contribution is 2.41. The highest BCUT2D eigenvalue weighted by Gasteiger charge is 2.26. The van der Waals surface area contributed by atoms with E-state index in [4.69, 9.17) is 5.11 Å². The van der Waals surface area contributed by atoms with Gasteiger partial charge in [-0.05, 0) is 12.8 Å². The van der Waals surface area contributed by atoms with E-state index in [9.17, 15) is 4.79 Å². The van der Waals surface area contributed by atoms with Crippen molar-refractivity contribution >= 4 is 17.3 Å². The van der Waals surface area contributed by atoms with Crippen molar-refractivity contribution in [1.82, 2.24) is 4.98 Å². The summed E-state index contributed by atoms with van der Waals surface area (Å²) in [4.78, 5) is 15.4. The van der Waals surface area contributed by atoms with Gasteiger partial charge in [-0.25, -0.2) is 4.98 Å². The van der Waals surface area contributed by atoms with Crippen molar-refractivity contribution in [3.05, 3.63) is 16.1 Å². The SMILES string of the molecule is O=C(O)Cc1cnc(C2CC2)s1. The second-order valence-electron chi connectivity index (χ2n) is 3.01. The summed E-state index contributed by atoms with van der Waals surface area (Å²) in [6, 6.07) is 0. The molecule has 1 aromatic rings. The summed E-state index contributed by atoms with van der Waals surface area (Å²) in [5.74, 6) is -0.140. The predicted octanol–water partition coefficient (Wildman–Crippen LogP) is 1.65. The van der Waals surface area contributed by atoms with Gasteiger partial charge in [-0.2, -0.15) is 0 Å². The summed E-state index contributed by atoms with van der Waals surface area (Å²) >= 11 is 1.54. The minimum Gasteiger partial charge on any atom is -0.481 e. The number of carboxylic acids is 1. The number of hydrogen-bond acceptors (Lipinski definition) is 3. The number of thiazole rings is 1. The summed E-state index contributed by atoms with van der Waals surface area (Å²) in [7, 11) is 0. The molecular formula is C8H9NO2S. The van der Waals surface area contributed by atoms with E-state index < -0.39 is 5.97 Å². The summed E-state index contributed by atoms with van der Waals surface area (Å²) in [5.41, 5.74) is 0. The van der Waals surface area contributed by atoms with Crippen LogP contribution in [0, 0.1) is 0 Å². The Morgan fingerprint density at radius 2 is 2.50 bits per heavy atom. The summed E-state index contributed by atoms with van der Waals surface area (Å²) in [6.45, 7) is 0. The molecule has 4 heteroatoms. The van der Waals surface area contributed by atoms with Crippen LogP contribution in [0.25, 0.3) is 0 Å². The molecule has 1 aliphatic rings. The molecule has 3 nitrogen and oxygen atoms in total. The van der Waals surface area contributed by atoms with Gasteiger partial charge in [0, 0.05) is 17.0 Å². The Morgan fingerprint density at radius 3 is 3.08 bits per heavy atom. The zero-order valence-corrected chi connectivity index (χ0v) is 7.30. The van der Waals surface area contributed by atoms with Crippen molar-refractivity contribution in [2.75, 3.05) is 0 Å². The van der Waals surface area contributed by atoms with Crippen molar-refractivity contribution < 1.29 is 9.90 Å². The van der Waals surface area contributed by atoms with Crippen LogP contribution in [0.1, 0.15) is 28.6 Å². The lowest BCUT2D eigenvalue weighted by atomic mass is 10.4. The zero-order chi connectivity index (χ0) is 8.55. The lowest BCUT2D eigenvalue weighted by Crippen LogP contribution is -1.97. The maximum absolute atomic E-state index is 10.3. The molecule has 0 amide bonds. The van der Waals surface area contributed by atoms with Gasteiger partial charge < -0.3 is 5.11 Å². The fraction of sp³-hybridized carbons (Fsp3) is 0.500. The number of rotatable bonds is 3. The lowest BCUT2D eigenvalue weighted by Gasteiger charge is -1.86. The van der Waals surface area contributed by atoms with E-state index in [1.165, 1.54) is 24.2 Å². The molecule has 1 fully saturated rings. The largest absolute Gasteiger partial charge is 0.481 e. The topological polar surface area (TPSA) is 50.2 Å². The Kier molecular flexibility index (Phi) is 1.84. The molecule has 0 aromatic carbocycles.